The number of halogens is 1. The minimum Gasteiger partial charge on any atom is -0.360 e. The van der Waals surface area contributed by atoms with E-state index in [1.807, 2.05) is 0 Å². The summed E-state index contributed by atoms with van der Waals surface area (Å²) in [5.41, 5.74) is 4.69. The molecule has 0 spiro atoms. The SMILES string of the molecule is CC(C)c1ccc2[nH]cc(C(C)(C)I)c2n1. The number of fused-ring (bicyclic) bond motifs is 1. The Balaban J connectivity index is 2.65. The lowest BCUT2D eigenvalue weighted by molar-refractivity contribution is 0.815. The van der Waals surface area contributed by atoms with Crippen LogP contribution in [0.15, 0.2) is 18.3 Å². The molecule has 16 heavy (non-hydrogen) atoms. The van der Waals surface area contributed by atoms with Gasteiger partial charge < -0.3 is 4.98 Å². The zero-order valence-corrected chi connectivity index (χ0v) is 12.3. The van der Waals surface area contributed by atoms with E-state index in [-0.39, 0.29) is 3.42 Å². The van der Waals surface area contributed by atoms with Crippen LogP contribution >= 0.6 is 22.6 Å². The number of aromatic nitrogens is 2. The Morgan fingerprint density at radius 2 is 2.00 bits per heavy atom. The van der Waals surface area contributed by atoms with Crippen LogP contribution in [0.4, 0.5) is 0 Å². The fourth-order valence-electron chi connectivity index (χ4n) is 1.79. The van der Waals surface area contributed by atoms with Crippen LogP contribution in [-0.2, 0) is 3.42 Å². The molecule has 1 N–H and O–H groups in total. The van der Waals surface area contributed by atoms with E-state index in [1.165, 1.54) is 5.56 Å². The summed E-state index contributed by atoms with van der Waals surface area (Å²) in [5, 5.41) is 0. The molecule has 0 aliphatic heterocycles. The van der Waals surface area contributed by atoms with Gasteiger partial charge in [-0.2, -0.15) is 0 Å². The Kier molecular flexibility index (Phi) is 2.99. The fourth-order valence-corrected chi connectivity index (χ4v) is 2.20. The van der Waals surface area contributed by atoms with Gasteiger partial charge in [-0.15, -0.1) is 0 Å². The first-order chi connectivity index (χ1) is 7.39. The molecule has 0 saturated carbocycles. The first-order valence-electron chi connectivity index (χ1n) is 5.57. The molecular weight excluding hydrogens is 311 g/mol. The highest BCUT2D eigenvalue weighted by atomic mass is 127. The molecule has 0 aliphatic carbocycles. The van der Waals surface area contributed by atoms with Crippen molar-refractivity contribution in [2.45, 2.75) is 37.0 Å². The third-order valence-corrected chi connectivity index (χ3v) is 3.36. The number of H-pyrrole nitrogens is 1. The van der Waals surface area contributed by atoms with Gasteiger partial charge in [-0.3, -0.25) is 4.98 Å². The van der Waals surface area contributed by atoms with Crippen LogP contribution in [0.5, 0.6) is 0 Å². The van der Waals surface area contributed by atoms with Gasteiger partial charge in [0.25, 0.3) is 0 Å². The maximum absolute atomic E-state index is 4.77. The maximum Gasteiger partial charge on any atom is 0.0927 e. The molecule has 0 bridgehead atoms. The van der Waals surface area contributed by atoms with E-state index in [2.05, 4.69) is 73.6 Å². The zero-order chi connectivity index (χ0) is 11.9. The second-order valence-electron chi connectivity index (χ2n) is 4.96. The lowest BCUT2D eigenvalue weighted by Gasteiger charge is -2.15. The molecule has 0 amide bonds. The molecular formula is C13H17IN2. The third kappa shape index (κ3) is 2.10. The van der Waals surface area contributed by atoms with Crippen molar-refractivity contribution in [1.82, 2.24) is 9.97 Å². The summed E-state index contributed by atoms with van der Waals surface area (Å²) in [6, 6.07) is 4.23. The molecule has 0 fully saturated rings. The van der Waals surface area contributed by atoms with Gasteiger partial charge in [-0.05, 0) is 31.9 Å². The molecule has 2 nitrogen and oxygen atoms in total. The van der Waals surface area contributed by atoms with Crippen molar-refractivity contribution < 1.29 is 0 Å². The highest BCUT2D eigenvalue weighted by molar-refractivity contribution is 14.1. The molecule has 86 valence electrons. The van der Waals surface area contributed by atoms with Crippen LogP contribution in [0.25, 0.3) is 11.0 Å². The molecule has 2 aromatic heterocycles. The Labute approximate surface area is 110 Å². The van der Waals surface area contributed by atoms with E-state index >= 15 is 0 Å². The van der Waals surface area contributed by atoms with Crippen LogP contribution in [0.1, 0.15) is 44.9 Å². The molecule has 0 radical (unpaired) electrons. The van der Waals surface area contributed by atoms with Gasteiger partial charge in [0.1, 0.15) is 0 Å². The van der Waals surface area contributed by atoms with Crippen LogP contribution in [0, 0.1) is 0 Å². The van der Waals surface area contributed by atoms with Crippen molar-refractivity contribution in [1.29, 1.82) is 0 Å². The van der Waals surface area contributed by atoms with Crippen molar-refractivity contribution in [2.75, 3.05) is 0 Å². The summed E-state index contributed by atoms with van der Waals surface area (Å²) in [4.78, 5) is 8.06. The van der Waals surface area contributed by atoms with E-state index in [9.17, 15) is 0 Å². The molecule has 0 aliphatic rings. The number of rotatable bonds is 2. The third-order valence-electron chi connectivity index (χ3n) is 2.78. The predicted molar refractivity (Wildman–Crippen MR) is 77.2 cm³/mol. The summed E-state index contributed by atoms with van der Waals surface area (Å²) >= 11 is 2.46. The van der Waals surface area contributed by atoms with Crippen LogP contribution in [-0.4, -0.2) is 9.97 Å². The van der Waals surface area contributed by atoms with Crippen molar-refractivity contribution in [3.63, 3.8) is 0 Å². The summed E-state index contributed by atoms with van der Waals surface area (Å²) in [5.74, 6) is 0.476. The molecule has 0 saturated heterocycles. The smallest absolute Gasteiger partial charge is 0.0927 e. The summed E-state index contributed by atoms with van der Waals surface area (Å²) in [6.45, 7) is 8.77. The Morgan fingerprint density at radius 1 is 1.31 bits per heavy atom. The summed E-state index contributed by atoms with van der Waals surface area (Å²) in [7, 11) is 0. The molecule has 2 aromatic rings. The van der Waals surface area contributed by atoms with Gasteiger partial charge in [-0.1, -0.05) is 36.4 Å². The topological polar surface area (TPSA) is 28.7 Å². The standard InChI is InChI=1S/C13H17IN2/c1-8(2)10-5-6-11-12(16-10)9(7-15-11)13(3,4)14/h5-8,15H,1-4H3. The Hall–Kier alpha value is -0.580. The first-order valence-corrected chi connectivity index (χ1v) is 6.65. The second-order valence-corrected chi connectivity index (χ2v) is 7.66. The average molecular weight is 328 g/mol. The van der Waals surface area contributed by atoms with Crippen molar-refractivity contribution in [3.8, 4) is 0 Å². The van der Waals surface area contributed by atoms with Crippen molar-refractivity contribution in [2.24, 2.45) is 0 Å². The van der Waals surface area contributed by atoms with Crippen LogP contribution in [0.3, 0.4) is 0 Å². The predicted octanol–water partition coefficient (Wildman–Crippen LogP) is 4.36. The van der Waals surface area contributed by atoms with Gasteiger partial charge in [0.2, 0.25) is 0 Å². The number of alkyl halides is 1. The second kappa shape index (κ2) is 4.02. The minimum atomic E-state index is 0.110. The Bertz CT molecular complexity index is 506. The molecule has 2 rings (SSSR count). The van der Waals surface area contributed by atoms with Gasteiger partial charge in [0, 0.05) is 20.9 Å². The highest BCUT2D eigenvalue weighted by Gasteiger charge is 2.21. The maximum atomic E-state index is 4.77. The van der Waals surface area contributed by atoms with E-state index < -0.39 is 0 Å². The Morgan fingerprint density at radius 3 is 2.56 bits per heavy atom. The lowest BCUT2D eigenvalue weighted by atomic mass is 10.0. The van der Waals surface area contributed by atoms with E-state index in [0.29, 0.717) is 5.92 Å². The normalized spacial score (nSPS) is 12.6. The summed E-state index contributed by atoms with van der Waals surface area (Å²) < 4.78 is 0.110. The molecule has 3 heteroatoms. The highest BCUT2D eigenvalue weighted by Crippen LogP contribution is 2.35. The number of nitrogens with zero attached hydrogens (tertiary/aromatic N) is 1. The largest absolute Gasteiger partial charge is 0.360 e. The van der Waals surface area contributed by atoms with Crippen molar-refractivity contribution in [3.05, 3.63) is 29.6 Å². The number of pyridine rings is 1. The number of hydrogen-bond donors (Lipinski definition) is 1. The van der Waals surface area contributed by atoms with E-state index in [1.54, 1.807) is 0 Å². The average Bonchev–Trinajstić information content (AvgIpc) is 2.58. The molecule has 2 heterocycles. The number of hydrogen-bond acceptors (Lipinski definition) is 1. The monoisotopic (exact) mass is 328 g/mol. The lowest BCUT2D eigenvalue weighted by Crippen LogP contribution is -2.06. The molecule has 0 atom stereocenters. The van der Waals surface area contributed by atoms with Gasteiger partial charge >= 0.3 is 0 Å². The van der Waals surface area contributed by atoms with E-state index in [0.717, 1.165) is 16.7 Å². The van der Waals surface area contributed by atoms with Gasteiger partial charge in [0.15, 0.2) is 0 Å². The zero-order valence-electron chi connectivity index (χ0n) is 10.1. The quantitative estimate of drug-likeness (QED) is 0.644. The summed E-state index contributed by atoms with van der Waals surface area (Å²) in [6.07, 6.45) is 2.08. The van der Waals surface area contributed by atoms with Gasteiger partial charge in [0.05, 0.1) is 11.0 Å². The van der Waals surface area contributed by atoms with E-state index in [4.69, 9.17) is 4.98 Å². The fraction of sp³-hybridized carbons (Fsp3) is 0.462. The molecule has 0 aromatic carbocycles. The van der Waals surface area contributed by atoms with Crippen LogP contribution < -0.4 is 0 Å². The van der Waals surface area contributed by atoms with Crippen LogP contribution in [0.2, 0.25) is 0 Å². The first kappa shape index (κ1) is 11.9. The molecule has 0 unspecified atom stereocenters. The number of nitrogens with one attached hydrogen (secondary N) is 1. The minimum absolute atomic E-state index is 0.110. The van der Waals surface area contributed by atoms with Crippen molar-refractivity contribution >= 4 is 33.6 Å². The number of aromatic amines is 1. The van der Waals surface area contributed by atoms with Gasteiger partial charge in [-0.25, -0.2) is 0 Å².